The fourth-order valence-electron chi connectivity index (χ4n) is 8.00. The molecule has 0 spiro atoms. The number of rotatable bonds is 13. The highest BCUT2D eigenvalue weighted by Gasteiger charge is 2.76. The fourth-order valence-corrected chi connectivity index (χ4v) is 8.00. The molecule has 4 aliphatic carbocycles. The molecular weight excluding hydrogens is 599 g/mol. The summed E-state index contributed by atoms with van der Waals surface area (Å²) in [6, 6.07) is 0. The maximum atomic E-state index is 17.2. The molecule has 0 bridgehead atoms. The van der Waals surface area contributed by atoms with Gasteiger partial charge in [-0.1, -0.05) is 31.1 Å². The molecule has 2 saturated carbocycles. The Labute approximate surface area is 259 Å². The van der Waals surface area contributed by atoms with Gasteiger partial charge in [0.05, 0.1) is 25.4 Å². The number of aliphatic hydroxyl groups excluding tert-OH is 2. The standard InChI is InChI=1S/C30H41FN2O12/c1-27-10-9-19(34)13-18(27)7-8-20-21-14-22(35)30(40,28(21,2)15-23(36)29(20,27)31)24(37)17-44-25(38)16-32-26(39)43-11-5-3-4-6-12-45-33(41)42/h7,9-10,20-23,35-36,40H,3-6,8,11-17H2,1-2H3,(H,32,39)/t20-,21-,22+,23-,27-,28-,29-,30-/m0/s1. The number of halogens is 1. The molecule has 4 rings (SSSR count). The molecule has 0 aromatic heterocycles. The van der Waals surface area contributed by atoms with E-state index in [1.807, 2.05) is 0 Å². The van der Waals surface area contributed by atoms with Crippen LogP contribution in [0.5, 0.6) is 0 Å². The zero-order valence-electron chi connectivity index (χ0n) is 25.4. The summed E-state index contributed by atoms with van der Waals surface area (Å²) in [6.07, 6.45) is 2.33. The van der Waals surface area contributed by atoms with Crippen LogP contribution in [0.4, 0.5) is 9.18 Å². The first-order chi connectivity index (χ1) is 21.1. The van der Waals surface area contributed by atoms with Crippen LogP contribution in [0.25, 0.3) is 0 Å². The summed E-state index contributed by atoms with van der Waals surface area (Å²) in [5, 5.41) is 45.5. The van der Waals surface area contributed by atoms with Gasteiger partial charge >= 0.3 is 12.1 Å². The van der Waals surface area contributed by atoms with Crippen molar-refractivity contribution < 1.29 is 58.3 Å². The monoisotopic (exact) mass is 640 g/mol. The van der Waals surface area contributed by atoms with Crippen molar-refractivity contribution in [1.82, 2.24) is 5.32 Å². The number of fused-ring (bicyclic) bond motifs is 5. The molecule has 15 heteroatoms. The number of ether oxygens (including phenoxy) is 2. The zero-order valence-corrected chi connectivity index (χ0v) is 25.4. The summed E-state index contributed by atoms with van der Waals surface area (Å²) < 4.78 is 27.1. The minimum atomic E-state index is -2.45. The summed E-state index contributed by atoms with van der Waals surface area (Å²) in [6.45, 7) is 1.61. The Morgan fingerprint density at radius 3 is 2.47 bits per heavy atom. The number of allylic oxidation sites excluding steroid dienone is 4. The number of alkyl carbamates (subject to hydrolysis) is 1. The van der Waals surface area contributed by atoms with Crippen molar-refractivity contribution in [2.24, 2.45) is 22.7 Å². The number of carbonyl (C=O) groups excluding carboxylic acids is 4. The average molecular weight is 641 g/mol. The number of aliphatic hydroxyl groups is 3. The second kappa shape index (κ2) is 13.1. The largest absolute Gasteiger partial charge is 0.456 e. The summed E-state index contributed by atoms with van der Waals surface area (Å²) in [7, 11) is 0. The molecule has 0 unspecified atom stereocenters. The first-order valence-electron chi connectivity index (χ1n) is 15.2. The van der Waals surface area contributed by atoms with E-state index in [1.165, 1.54) is 19.1 Å². The Kier molecular flexibility index (Phi) is 10.0. The number of hydrogen-bond donors (Lipinski definition) is 4. The van der Waals surface area contributed by atoms with Crippen molar-refractivity contribution in [3.63, 3.8) is 0 Å². The zero-order chi connectivity index (χ0) is 33.2. The van der Waals surface area contributed by atoms with E-state index in [1.54, 1.807) is 13.0 Å². The molecule has 1 amide bonds. The molecule has 4 N–H and O–H groups in total. The van der Waals surface area contributed by atoms with Crippen LogP contribution in [0.2, 0.25) is 0 Å². The van der Waals surface area contributed by atoms with E-state index < -0.39 is 82.2 Å². The number of nitrogens with zero attached hydrogens (tertiary/aromatic N) is 1. The van der Waals surface area contributed by atoms with E-state index in [0.717, 1.165) is 0 Å². The predicted octanol–water partition coefficient (Wildman–Crippen LogP) is 1.67. The molecule has 0 saturated heterocycles. The van der Waals surface area contributed by atoms with Crippen molar-refractivity contribution in [3.8, 4) is 0 Å². The lowest BCUT2D eigenvalue weighted by atomic mass is 9.45. The third kappa shape index (κ3) is 6.09. The molecule has 14 nitrogen and oxygen atoms in total. The van der Waals surface area contributed by atoms with Crippen molar-refractivity contribution in [2.45, 2.75) is 88.7 Å². The SMILES string of the molecule is C[C@]12C=CC(=O)CC1=CC[C@H]1[C@@H]3C[C@@H](O)[C@](O)(C(=O)COC(=O)CNC(=O)OCCCCCCO[N+](=O)[O-])[C@@]3(C)C[C@H](O)[C@@]12F. The predicted molar refractivity (Wildman–Crippen MR) is 151 cm³/mol. The minimum absolute atomic E-state index is 0.0182. The van der Waals surface area contributed by atoms with E-state index in [9.17, 15) is 44.6 Å². The van der Waals surface area contributed by atoms with Crippen LogP contribution >= 0.6 is 0 Å². The van der Waals surface area contributed by atoms with Gasteiger partial charge in [0, 0.05) is 23.2 Å². The number of hydrogen-bond acceptors (Lipinski definition) is 12. The number of amides is 1. The van der Waals surface area contributed by atoms with Gasteiger partial charge in [0.1, 0.15) is 6.54 Å². The number of ketones is 2. The van der Waals surface area contributed by atoms with Crippen molar-refractivity contribution in [2.75, 3.05) is 26.4 Å². The Bertz CT molecular complexity index is 1270. The van der Waals surface area contributed by atoms with Gasteiger partial charge in [-0.2, -0.15) is 0 Å². The van der Waals surface area contributed by atoms with E-state index in [4.69, 9.17) is 9.47 Å². The quantitative estimate of drug-likeness (QED) is 0.0744. The Hall–Kier alpha value is -3.43. The van der Waals surface area contributed by atoms with Crippen molar-refractivity contribution >= 4 is 23.6 Å². The summed E-state index contributed by atoms with van der Waals surface area (Å²) in [5.74, 6) is -3.79. The van der Waals surface area contributed by atoms with Gasteiger partial charge in [-0.15, -0.1) is 10.1 Å². The molecule has 0 aliphatic heterocycles. The van der Waals surface area contributed by atoms with Crippen LogP contribution in [0.3, 0.4) is 0 Å². The van der Waals surface area contributed by atoms with Gasteiger partial charge in [0.2, 0.25) is 5.78 Å². The number of Topliss-reactive ketones (excluding diaryl/α,β-unsaturated/α-hetero) is 1. The maximum Gasteiger partial charge on any atom is 0.407 e. The Morgan fingerprint density at radius 2 is 1.78 bits per heavy atom. The van der Waals surface area contributed by atoms with Gasteiger partial charge in [0.15, 0.2) is 23.7 Å². The number of alkyl halides is 1. The Balaban J connectivity index is 1.30. The van der Waals surface area contributed by atoms with Gasteiger partial charge in [0.25, 0.3) is 5.09 Å². The van der Waals surface area contributed by atoms with E-state index in [-0.39, 0.29) is 44.7 Å². The maximum absolute atomic E-state index is 17.2. The fraction of sp³-hybridized carbons (Fsp3) is 0.733. The molecule has 8 atom stereocenters. The van der Waals surface area contributed by atoms with Crippen LogP contribution in [-0.2, 0) is 28.7 Å². The van der Waals surface area contributed by atoms with Crippen molar-refractivity contribution in [3.05, 3.63) is 33.9 Å². The van der Waals surface area contributed by atoms with Crippen LogP contribution in [-0.4, -0.2) is 93.9 Å². The first-order valence-corrected chi connectivity index (χ1v) is 15.2. The minimum Gasteiger partial charge on any atom is -0.456 e. The molecule has 45 heavy (non-hydrogen) atoms. The lowest BCUT2D eigenvalue weighted by Crippen LogP contribution is -2.69. The Morgan fingerprint density at radius 1 is 1.09 bits per heavy atom. The van der Waals surface area contributed by atoms with Crippen molar-refractivity contribution in [1.29, 1.82) is 0 Å². The molecule has 4 aliphatic rings. The number of esters is 1. The highest BCUT2D eigenvalue weighted by atomic mass is 19.1. The van der Waals surface area contributed by atoms with Crippen LogP contribution < -0.4 is 5.32 Å². The van der Waals surface area contributed by atoms with Gasteiger partial charge in [-0.3, -0.25) is 14.4 Å². The molecule has 0 aromatic rings. The normalized spacial score (nSPS) is 36.6. The molecular formula is C30H41FN2O12. The smallest absolute Gasteiger partial charge is 0.407 e. The van der Waals surface area contributed by atoms with Gasteiger partial charge < -0.3 is 34.9 Å². The van der Waals surface area contributed by atoms with E-state index in [2.05, 4.69) is 10.2 Å². The van der Waals surface area contributed by atoms with E-state index >= 15 is 4.39 Å². The number of nitrogens with one attached hydrogen (secondary N) is 1. The topological polar surface area (TPSA) is 212 Å². The summed E-state index contributed by atoms with van der Waals surface area (Å²) in [4.78, 5) is 63.8. The number of unbranched alkanes of at least 4 members (excludes halogenated alkanes) is 3. The highest BCUT2D eigenvalue weighted by molar-refractivity contribution is 5.94. The highest BCUT2D eigenvalue weighted by Crippen LogP contribution is 2.69. The number of carbonyl (C=O) groups is 4. The second-order valence-electron chi connectivity index (χ2n) is 12.8. The molecule has 250 valence electrons. The molecule has 0 radical (unpaired) electrons. The summed E-state index contributed by atoms with van der Waals surface area (Å²) in [5.41, 5.74) is -6.84. The summed E-state index contributed by atoms with van der Waals surface area (Å²) >= 11 is 0. The van der Waals surface area contributed by atoms with Gasteiger partial charge in [-0.25, -0.2) is 9.18 Å². The van der Waals surface area contributed by atoms with Crippen LogP contribution in [0.15, 0.2) is 23.8 Å². The third-order valence-corrected chi connectivity index (χ3v) is 10.5. The average Bonchev–Trinajstić information content (AvgIpc) is 3.18. The van der Waals surface area contributed by atoms with Crippen LogP contribution in [0, 0.1) is 32.8 Å². The molecule has 0 heterocycles. The van der Waals surface area contributed by atoms with Gasteiger partial charge in [-0.05, 0) is 57.4 Å². The third-order valence-electron chi connectivity index (χ3n) is 10.5. The van der Waals surface area contributed by atoms with Crippen LogP contribution in [0.1, 0.15) is 65.2 Å². The lowest BCUT2D eigenvalue weighted by Gasteiger charge is -2.61. The molecule has 2 fully saturated rings. The second-order valence-corrected chi connectivity index (χ2v) is 12.8. The molecule has 0 aromatic carbocycles. The first kappa shape index (κ1) is 34.4. The van der Waals surface area contributed by atoms with E-state index in [0.29, 0.717) is 31.3 Å². The lowest BCUT2D eigenvalue weighted by molar-refractivity contribution is -0.757.